The van der Waals surface area contributed by atoms with Crippen LogP contribution in [0.25, 0.3) is 22.6 Å². The molecule has 0 spiro atoms. The van der Waals surface area contributed by atoms with Crippen molar-refractivity contribution in [3.05, 3.63) is 59.6 Å². The van der Waals surface area contributed by atoms with E-state index in [0.29, 0.717) is 38.9 Å². The van der Waals surface area contributed by atoms with Crippen molar-refractivity contribution < 1.29 is 14.0 Å². The minimum atomic E-state index is -0.364. The number of nitrogens with one attached hydrogen (secondary N) is 3. The first kappa shape index (κ1) is 19.3. The molecule has 3 aromatic heterocycles. The topological polar surface area (TPSA) is 113 Å². The van der Waals surface area contributed by atoms with Crippen LogP contribution in [0.5, 0.6) is 0 Å². The van der Waals surface area contributed by atoms with Crippen molar-refractivity contribution in [2.45, 2.75) is 19.3 Å². The van der Waals surface area contributed by atoms with Crippen LogP contribution in [0.4, 0.5) is 11.4 Å². The van der Waals surface area contributed by atoms with Crippen LogP contribution < -0.4 is 10.6 Å². The summed E-state index contributed by atoms with van der Waals surface area (Å²) in [5.74, 6) is 0.461. The van der Waals surface area contributed by atoms with E-state index < -0.39 is 0 Å². The highest BCUT2D eigenvalue weighted by atomic mass is 35.5. The van der Waals surface area contributed by atoms with E-state index in [1.165, 1.54) is 6.26 Å². The number of furan rings is 1. The van der Waals surface area contributed by atoms with E-state index in [9.17, 15) is 9.59 Å². The van der Waals surface area contributed by atoms with E-state index in [-0.39, 0.29) is 23.5 Å². The molecule has 8 nitrogen and oxygen atoms in total. The summed E-state index contributed by atoms with van der Waals surface area (Å²) in [7, 11) is 0. The first-order valence-corrected chi connectivity index (χ1v) is 10.3. The van der Waals surface area contributed by atoms with Crippen molar-refractivity contribution >= 4 is 46.0 Å². The number of aromatic nitrogens is 3. The molecule has 9 heteroatoms. The molecule has 0 unspecified atom stereocenters. The molecule has 1 fully saturated rings. The number of anilines is 2. The SMILES string of the molecule is O=C(Nc1ccc(Cl)c(-c2nc3ncc(NC(=O)C4CCC4)cc3[nH]2)c1)c1ccco1. The quantitative estimate of drug-likeness (QED) is 0.414. The molecule has 3 N–H and O–H groups in total. The number of carbonyl (C=O) groups excluding carboxylic acids is 2. The van der Waals surface area contributed by atoms with Gasteiger partial charge in [0.15, 0.2) is 11.4 Å². The van der Waals surface area contributed by atoms with E-state index in [1.807, 2.05) is 0 Å². The number of imidazole rings is 1. The number of aromatic amines is 1. The maximum atomic E-state index is 12.2. The van der Waals surface area contributed by atoms with Gasteiger partial charge in [-0.2, -0.15) is 0 Å². The number of nitrogens with zero attached hydrogens (tertiary/aromatic N) is 2. The standard InChI is InChI=1S/C22H18ClN5O3/c23-16-7-6-13(25-22(30)18-5-2-8-31-18)9-15(16)19-27-17-10-14(11-24-20(17)28-19)26-21(29)12-3-1-4-12/h2,5-12H,1,3-4H2,(H,25,30)(H,26,29)(H,24,27,28). The van der Waals surface area contributed by atoms with Crippen LogP contribution in [-0.2, 0) is 4.79 Å². The Morgan fingerprint density at radius 3 is 2.74 bits per heavy atom. The second kappa shape index (κ2) is 7.88. The molecule has 0 bridgehead atoms. The van der Waals surface area contributed by atoms with Crippen molar-refractivity contribution in [3.63, 3.8) is 0 Å². The van der Waals surface area contributed by atoms with Crippen molar-refractivity contribution in [1.29, 1.82) is 0 Å². The molecule has 2 amide bonds. The minimum Gasteiger partial charge on any atom is -0.459 e. The molecule has 0 atom stereocenters. The normalized spacial score (nSPS) is 13.7. The largest absolute Gasteiger partial charge is 0.459 e. The highest BCUT2D eigenvalue weighted by molar-refractivity contribution is 6.33. The van der Waals surface area contributed by atoms with Crippen LogP contribution in [0.1, 0.15) is 29.8 Å². The highest BCUT2D eigenvalue weighted by Gasteiger charge is 2.25. The van der Waals surface area contributed by atoms with Crippen LogP contribution in [0.15, 0.2) is 53.3 Å². The van der Waals surface area contributed by atoms with E-state index in [0.717, 1.165) is 19.3 Å². The third-order valence-electron chi connectivity index (χ3n) is 5.31. The molecule has 0 saturated heterocycles. The maximum absolute atomic E-state index is 12.2. The highest BCUT2D eigenvalue weighted by Crippen LogP contribution is 2.31. The lowest BCUT2D eigenvalue weighted by Gasteiger charge is -2.23. The zero-order valence-corrected chi connectivity index (χ0v) is 17.1. The smallest absolute Gasteiger partial charge is 0.291 e. The van der Waals surface area contributed by atoms with Gasteiger partial charge in [0, 0.05) is 17.2 Å². The van der Waals surface area contributed by atoms with Crippen LogP contribution in [-0.4, -0.2) is 26.8 Å². The zero-order valence-electron chi connectivity index (χ0n) is 16.3. The summed E-state index contributed by atoms with van der Waals surface area (Å²) in [5.41, 5.74) is 2.94. The maximum Gasteiger partial charge on any atom is 0.291 e. The minimum absolute atomic E-state index is 0.0233. The predicted molar refractivity (Wildman–Crippen MR) is 117 cm³/mol. The Bertz CT molecular complexity index is 1280. The molecular weight excluding hydrogens is 418 g/mol. The lowest BCUT2D eigenvalue weighted by atomic mass is 9.85. The summed E-state index contributed by atoms with van der Waals surface area (Å²) < 4.78 is 5.12. The molecule has 1 aromatic carbocycles. The molecule has 4 aromatic rings. The fourth-order valence-electron chi connectivity index (χ4n) is 3.40. The molecule has 1 aliphatic carbocycles. The fourth-order valence-corrected chi connectivity index (χ4v) is 3.60. The van der Waals surface area contributed by atoms with Crippen LogP contribution in [0, 0.1) is 5.92 Å². The summed E-state index contributed by atoms with van der Waals surface area (Å²) in [5, 5.41) is 6.15. The third-order valence-corrected chi connectivity index (χ3v) is 5.63. The number of halogens is 1. The monoisotopic (exact) mass is 435 g/mol. The molecule has 156 valence electrons. The Labute approximate surface area is 182 Å². The fraction of sp³-hybridized carbons (Fsp3) is 0.182. The van der Waals surface area contributed by atoms with Gasteiger partial charge in [-0.1, -0.05) is 18.0 Å². The second-order valence-corrected chi connectivity index (χ2v) is 7.83. The molecule has 0 radical (unpaired) electrons. The second-order valence-electron chi connectivity index (χ2n) is 7.42. The van der Waals surface area contributed by atoms with Crippen molar-refractivity contribution in [2.75, 3.05) is 10.6 Å². The van der Waals surface area contributed by atoms with Crippen molar-refractivity contribution in [2.24, 2.45) is 5.92 Å². The van der Waals surface area contributed by atoms with Crippen molar-refractivity contribution in [1.82, 2.24) is 15.0 Å². The summed E-state index contributed by atoms with van der Waals surface area (Å²) >= 11 is 6.38. The Balaban J connectivity index is 1.40. The van der Waals surface area contributed by atoms with E-state index in [2.05, 4.69) is 25.6 Å². The number of hydrogen-bond donors (Lipinski definition) is 3. The van der Waals surface area contributed by atoms with Gasteiger partial charge in [-0.25, -0.2) is 9.97 Å². The zero-order chi connectivity index (χ0) is 21.4. The number of rotatable bonds is 5. The van der Waals surface area contributed by atoms with E-state index in [4.69, 9.17) is 16.0 Å². The Morgan fingerprint density at radius 1 is 1.13 bits per heavy atom. The molecule has 0 aliphatic heterocycles. The Hall–Kier alpha value is -3.65. The summed E-state index contributed by atoms with van der Waals surface area (Å²) in [6.07, 6.45) is 5.99. The average molecular weight is 436 g/mol. The van der Waals surface area contributed by atoms with Crippen LogP contribution >= 0.6 is 11.6 Å². The van der Waals surface area contributed by atoms with Gasteiger partial charge in [0.05, 0.1) is 28.7 Å². The lowest BCUT2D eigenvalue weighted by molar-refractivity contribution is -0.122. The molecule has 5 rings (SSSR count). The van der Waals surface area contributed by atoms with Gasteiger partial charge < -0.3 is 20.0 Å². The van der Waals surface area contributed by atoms with Crippen LogP contribution in [0.3, 0.4) is 0 Å². The van der Waals surface area contributed by atoms with Gasteiger partial charge >= 0.3 is 0 Å². The Morgan fingerprint density at radius 2 is 2.00 bits per heavy atom. The number of H-pyrrole nitrogens is 1. The molecule has 1 aliphatic rings. The number of fused-ring (bicyclic) bond motifs is 1. The van der Waals surface area contributed by atoms with Gasteiger partial charge in [0.2, 0.25) is 5.91 Å². The number of benzene rings is 1. The van der Waals surface area contributed by atoms with E-state index >= 15 is 0 Å². The summed E-state index contributed by atoms with van der Waals surface area (Å²) in [6, 6.07) is 10.1. The number of amides is 2. The third kappa shape index (κ3) is 3.89. The van der Waals surface area contributed by atoms with Gasteiger partial charge in [-0.15, -0.1) is 0 Å². The van der Waals surface area contributed by atoms with Gasteiger partial charge in [0.25, 0.3) is 5.91 Å². The summed E-state index contributed by atoms with van der Waals surface area (Å²) in [6.45, 7) is 0. The summed E-state index contributed by atoms with van der Waals surface area (Å²) in [4.78, 5) is 36.5. The van der Waals surface area contributed by atoms with Crippen molar-refractivity contribution in [3.8, 4) is 11.4 Å². The number of carbonyl (C=O) groups is 2. The predicted octanol–water partition coefficient (Wildman–Crippen LogP) is 4.86. The van der Waals surface area contributed by atoms with Gasteiger partial charge in [-0.05, 0) is 49.2 Å². The van der Waals surface area contributed by atoms with Gasteiger partial charge in [0.1, 0.15) is 5.82 Å². The number of hydrogen-bond acceptors (Lipinski definition) is 5. The molecule has 1 saturated carbocycles. The Kier molecular flexibility index (Phi) is 4.91. The van der Waals surface area contributed by atoms with E-state index in [1.54, 1.807) is 42.6 Å². The molecule has 3 heterocycles. The van der Waals surface area contributed by atoms with Crippen LogP contribution in [0.2, 0.25) is 5.02 Å². The first-order chi connectivity index (χ1) is 15.1. The average Bonchev–Trinajstić information content (AvgIpc) is 3.37. The lowest BCUT2D eigenvalue weighted by Crippen LogP contribution is -2.28. The van der Waals surface area contributed by atoms with Gasteiger partial charge in [-0.3, -0.25) is 9.59 Å². The number of pyridine rings is 1. The first-order valence-electron chi connectivity index (χ1n) is 9.88. The molecular formula is C22H18ClN5O3. The molecule has 31 heavy (non-hydrogen) atoms.